The first-order chi connectivity index (χ1) is 9.58. The summed E-state index contributed by atoms with van der Waals surface area (Å²) in [7, 11) is 0. The molecule has 0 bridgehead atoms. The smallest absolute Gasteiger partial charge is 0.188 e. The van der Waals surface area contributed by atoms with Gasteiger partial charge in [-0.05, 0) is 36.6 Å². The van der Waals surface area contributed by atoms with Crippen LogP contribution in [0.3, 0.4) is 0 Å². The van der Waals surface area contributed by atoms with E-state index in [0.717, 1.165) is 19.4 Å². The first-order valence-corrected chi connectivity index (χ1v) is 7.00. The normalized spacial score (nSPS) is 11.7. The van der Waals surface area contributed by atoms with Crippen LogP contribution in [-0.2, 0) is 0 Å². The van der Waals surface area contributed by atoms with Gasteiger partial charge in [0.2, 0.25) is 0 Å². The summed E-state index contributed by atoms with van der Waals surface area (Å²) in [6.45, 7) is 6.33. The number of nitrogens with one attached hydrogen (secondary N) is 1. The van der Waals surface area contributed by atoms with E-state index in [1.165, 1.54) is 12.1 Å². The molecule has 0 heterocycles. The molecule has 1 rings (SSSR count). The van der Waals surface area contributed by atoms with Gasteiger partial charge < -0.3 is 15.8 Å². The van der Waals surface area contributed by atoms with E-state index in [1.54, 1.807) is 12.1 Å². The molecule has 0 aliphatic heterocycles. The fourth-order valence-electron chi connectivity index (χ4n) is 1.53. The molecule has 0 unspecified atom stereocenters. The highest BCUT2D eigenvalue weighted by Crippen LogP contribution is 2.10. The zero-order valence-electron chi connectivity index (χ0n) is 12.2. The number of hydrogen-bond donors (Lipinski definition) is 2. The van der Waals surface area contributed by atoms with Gasteiger partial charge >= 0.3 is 0 Å². The van der Waals surface area contributed by atoms with Crippen LogP contribution in [0.1, 0.15) is 26.7 Å². The second-order valence-corrected chi connectivity index (χ2v) is 5.03. The maximum absolute atomic E-state index is 12.7. The molecule has 0 amide bonds. The van der Waals surface area contributed by atoms with Gasteiger partial charge in [-0.2, -0.15) is 0 Å². The minimum atomic E-state index is -0.262. The third-order valence-corrected chi connectivity index (χ3v) is 2.69. The molecule has 3 N–H and O–H groups in total. The monoisotopic (exact) mass is 281 g/mol. The minimum absolute atomic E-state index is 0.262. The van der Waals surface area contributed by atoms with E-state index in [4.69, 9.17) is 10.5 Å². The van der Waals surface area contributed by atoms with E-state index in [2.05, 4.69) is 24.2 Å². The Morgan fingerprint density at radius 1 is 1.35 bits per heavy atom. The third-order valence-electron chi connectivity index (χ3n) is 2.69. The Balaban J connectivity index is 2.10. The molecule has 20 heavy (non-hydrogen) atoms. The van der Waals surface area contributed by atoms with Crippen LogP contribution >= 0.6 is 0 Å². The van der Waals surface area contributed by atoms with Crippen molar-refractivity contribution >= 4 is 5.96 Å². The van der Waals surface area contributed by atoms with E-state index in [-0.39, 0.29) is 5.82 Å². The summed E-state index contributed by atoms with van der Waals surface area (Å²) in [5.41, 5.74) is 5.73. The number of nitrogens with two attached hydrogens (primary N) is 1. The Morgan fingerprint density at radius 3 is 2.70 bits per heavy atom. The molecule has 0 aliphatic carbocycles. The predicted octanol–water partition coefficient (Wildman–Crippen LogP) is 2.55. The highest BCUT2D eigenvalue weighted by Gasteiger charge is 1.96. The fraction of sp³-hybridized carbons (Fsp3) is 0.533. The van der Waals surface area contributed by atoms with Crippen molar-refractivity contribution in [2.75, 3.05) is 19.7 Å². The lowest BCUT2D eigenvalue weighted by Crippen LogP contribution is -2.33. The molecule has 4 nitrogen and oxygen atoms in total. The van der Waals surface area contributed by atoms with Crippen molar-refractivity contribution < 1.29 is 9.13 Å². The lowest BCUT2D eigenvalue weighted by molar-refractivity contribution is 0.313. The molecule has 0 aliphatic rings. The van der Waals surface area contributed by atoms with Gasteiger partial charge in [0.05, 0.1) is 6.61 Å². The highest BCUT2D eigenvalue weighted by molar-refractivity contribution is 5.77. The van der Waals surface area contributed by atoms with Crippen molar-refractivity contribution in [3.8, 4) is 5.75 Å². The number of hydrogen-bond acceptors (Lipinski definition) is 2. The Labute approximate surface area is 120 Å². The van der Waals surface area contributed by atoms with Crippen LogP contribution < -0.4 is 15.8 Å². The summed E-state index contributed by atoms with van der Waals surface area (Å²) in [4.78, 5) is 4.21. The number of aliphatic imine (C=N–C) groups is 1. The average molecular weight is 281 g/mol. The van der Waals surface area contributed by atoms with Crippen molar-refractivity contribution in [3.05, 3.63) is 30.1 Å². The summed E-state index contributed by atoms with van der Waals surface area (Å²) in [5.74, 6) is 1.53. The summed E-state index contributed by atoms with van der Waals surface area (Å²) < 4.78 is 18.1. The zero-order valence-corrected chi connectivity index (χ0v) is 12.2. The first-order valence-electron chi connectivity index (χ1n) is 7.00. The summed E-state index contributed by atoms with van der Waals surface area (Å²) in [6.07, 6.45) is 1.84. The maximum atomic E-state index is 12.7. The quantitative estimate of drug-likeness (QED) is 0.437. The number of ether oxygens (including phenoxy) is 1. The molecule has 0 fully saturated rings. The van der Waals surface area contributed by atoms with Gasteiger partial charge in [-0.25, -0.2) is 4.39 Å². The molecule has 0 radical (unpaired) electrons. The molecule has 5 heteroatoms. The van der Waals surface area contributed by atoms with E-state index >= 15 is 0 Å². The van der Waals surface area contributed by atoms with Crippen LogP contribution in [0.5, 0.6) is 5.75 Å². The van der Waals surface area contributed by atoms with Crippen LogP contribution in [0, 0.1) is 11.7 Å². The summed E-state index contributed by atoms with van der Waals surface area (Å²) in [5, 5.41) is 3.07. The molecular weight excluding hydrogens is 257 g/mol. The fourth-order valence-corrected chi connectivity index (χ4v) is 1.53. The second-order valence-electron chi connectivity index (χ2n) is 5.03. The molecule has 112 valence electrons. The van der Waals surface area contributed by atoms with Crippen molar-refractivity contribution in [1.82, 2.24) is 5.32 Å². The van der Waals surface area contributed by atoms with Crippen LogP contribution in [0.2, 0.25) is 0 Å². The van der Waals surface area contributed by atoms with E-state index in [1.807, 2.05) is 0 Å². The van der Waals surface area contributed by atoms with Gasteiger partial charge in [-0.1, -0.05) is 13.8 Å². The molecule has 0 atom stereocenters. The van der Waals surface area contributed by atoms with E-state index in [9.17, 15) is 4.39 Å². The van der Waals surface area contributed by atoms with Gasteiger partial charge in [-0.15, -0.1) is 0 Å². The Morgan fingerprint density at radius 2 is 2.05 bits per heavy atom. The molecule has 0 saturated carbocycles. The number of rotatable bonds is 8. The molecule has 0 spiro atoms. The maximum Gasteiger partial charge on any atom is 0.188 e. The minimum Gasteiger partial charge on any atom is -0.494 e. The molecular formula is C15H24FN3O. The Bertz CT molecular complexity index is 404. The van der Waals surface area contributed by atoms with E-state index < -0.39 is 0 Å². The van der Waals surface area contributed by atoms with Crippen molar-refractivity contribution in [2.24, 2.45) is 16.6 Å². The molecule has 1 aromatic rings. The van der Waals surface area contributed by atoms with Gasteiger partial charge in [0.25, 0.3) is 0 Å². The second kappa shape index (κ2) is 9.18. The number of benzene rings is 1. The lowest BCUT2D eigenvalue weighted by Gasteiger charge is -2.08. The van der Waals surface area contributed by atoms with Gasteiger partial charge in [0, 0.05) is 19.5 Å². The van der Waals surface area contributed by atoms with Crippen molar-refractivity contribution in [1.29, 1.82) is 0 Å². The third kappa shape index (κ3) is 7.61. The number of guanidine groups is 1. The predicted molar refractivity (Wildman–Crippen MR) is 80.5 cm³/mol. The summed E-state index contributed by atoms with van der Waals surface area (Å²) in [6, 6.07) is 5.98. The number of halogens is 1. The molecule has 0 aromatic heterocycles. The lowest BCUT2D eigenvalue weighted by atomic mass is 10.1. The average Bonchev–Trinajstić information content (AvgIpc) is 2.40. The molecule has 0 saturated heterocycles. The van der Waals surface area contributed by atoms with Crippen LogP contribution in [0.15, 0.2) is 29.3 Å². The highest BCUT2D eigenvalue weighted by atomic mass is 19.1. The summed E-state index contributed by atoms with van der Waals surface area (Å²) >= 11 is 0. The van der Waals surface area contributed by atoms with Crippen LogP contribution in [0.4, 0.5) is 4.39 Å². The first kappa shape index (κ1) is 16.3. The van der Waals surface area contributed by atoms with Gasteiger partial charge in [-0.3, -0.25) is 4.99 Å². The largest absolute Gasteiger partial charge is 0.494 e. The number of nitrogens with zero attached hydrogens (tertiary/aromatic N) is 1. The SMILES string of the molecule is CC(C)CCNC(N)=NCCCOc1ccc(F)cc1. The standard InChI is InChI=1S/C15H24FN3O/c1-12(2)8-10-19-15(17)18-9-3-11-20-14-6-4-13(16)5-7-14/h4-7,12H,3,8-11H2,1-2H3,(H3,17,18,19). The van der Waals surface area contributed by atoms with Crippen molar-refractivity contribution in [3.63, 3.8) is 0 Å². The van der Waals surface area contributed by atoms with Gasteiger partial charge in [0.15, 0.2) is 5.96 Å². The Hall–Kier alpha value is -1.78. The van der Waals surface area contributed by atoms with Crippen LogP contribution in [0.25, 0.3) is 0 Å². The van der Waals surface area contributed by atoms with E-state index in [0.29, 0.717) is 30.8 Å². The Kier molecular flexibility index (Phi) is 7.47. The van der Waals surface area contributed by atoms with Crippen molar-refractivity contribution in [2.45, 2.75) is 26.7 Å². The van der Waals surface area contributed by atoms with Crippen LogP contribution in [-0.4, -0.2) is 25.7 Å². The molecule has 1 aromatic carbocycles. The topological polar surface area (TPSA) is 59.6 Å². The zero-order chi connectivity index (χ0) is 14.8. The van der Waals surface area contributed by atoms with Gasteiger partial charge in [0.1, 0.15) is 11.6 Å².